The molecule has 2 atom stereocenters. The maximum atomic E-state index is 10.5. The third-order valence-corrected chi connectivity index (χ3v) is 2.42. The molecule has 0 amide bonds. The van der Waals surface area contributed by atoms with Gasteiger partial charge < -0.3 is 10.8 Å². The van der Waals surface area contributed by atoms with E-state index in [-0.39, 0.29) is 6.42 Å². The minimum absolute atomic E-state index is 0.0590. The minimum atomic E-state index is -0.808. The molecule has 0 radical (unpaired) electrons. The van der Waals surface area contributed by atoms with Gasteiger partial charge >= 0.3 is 5.97 Å². The predicted octanol–water partition coefficient (Wildman–Crippen LogP) is 2.39. The summed E-state index contributed by atoms with van der Waals surface area (Å²) in [6.07, 6.45) is 4.38. The van der Waals surface area contributed by atoms with Gasteiger partial charge in [-0.2, -0.15) is 0 Å². The maximum Gasteiger partial charge on any atom is 0.305 e. The van der Waals surface area contributed by atoms with Crippen molar-refractivity contribution in [1.29, 1.82) is 0 Å². The van der Waals surface area contributed by atoms with Crippen molar-refractivity contribution in [3.8, 4) is 0 Å². The zero-order chi connectivity index (χ0) is 11.2. The summed E-state index contributed by atoms with van der Waals surface area (Å²) < 4.78 is 0. The molecule has 3 heteroatoms. The summed E-state index contributed by atoms with van der Waals surface area (Å²) in [6.45, 7) is 6.12. The maximum absolute atomic E-state index is 10.5. The molecule has 0 aliphatic carbocycles. The molecule has 3 N–H and O–H groups in total. The predicted molar refractivity (Wildman–Crippen MR) is 58.2 cm³/mol. The molecule has 0 aromatic heterocycles. The first-order valence-electron chi connectivity index (χ1n) is 5.38. The second kappa shape index (κ2) is 6.02. The van der Waals surface area contributed by atoms with Crippen LogP contribution in [-0.2, 0) is 4.79 Å². The normalized spacial score (nSPS) is 17.4. The van der Waals surface area contributed by atoms with Gasteiger partial charge in [0.25, 0.3) is 0 Å². The summed E-state index contributed by atoms with van der Waals surface area (Å²) in [5.41, 5.74) is 5.35. The van der Waals surface area contributed by atoms with E-state index in [9.17, 15) is 4.79 Å². The van der Waals surface area contributed by atoms with Crippen molar-refractivity contribution in [1.82, 2.24) is 0 Å². The quantitative estimate of drug-likeness (QED) is 0.664. The van der Waals surface area contributed by atoms with E-state index in [4.69, 9.17) is 10.8 Å². The smallest absolute Gasteiger partial charge is 0.305 e. The molecule has 84 valence electrons. The summed E-state index contributed by atoms with van der Waals surface area (Å²) in [5, 5.41) is 8.66. The van der Waals surface area contributed by atoms with Crippen LogP contribution in [0.25, 0.3) is 0 Å². The Bertz CT molecular complexity index is 178. The van der Waals surface area contributed by atoms with Crippen LogP contribution in [0.15, 0.2) is 0 Å². The van der Waals surface area contributed by atoms with Crippen LogP contribution >= 0.6 is 0 Å². The van der Waals surface area contributed by atoms with Gasteiger partial charge in [0.15, 0.2) is 0 Å². The fraction of sp³-hybridized carbons (Fsp3) is 0.909. The molecule has 0 saturated carbocycles. The average Bonchev–Trinajstić information content (AvgIpc) is 1.96. The number of hydrogen-bond donors (Lipinski definition) is 2. The summed E-state index contributed by atoms with van der Waals surface area (Å²) in [5.74, 6) is -0.290. The molecular formula is C11H23NO2. The average molecular weight is 201 g/mol. The number of carboxylic acids is 1. The zero-order valence-electron chi connectivity index (χ0n) is 9.55. The number of carbonyl (C=O) groups is 1. The van der Waals surface area contributed by atoms with Crippen molar-refractivity contribution in [3.05, 3.63) is 0 Å². The standard InChI is InChI=1S/C11H23NO2/c1-4-5-6-9(2)7-11(3,12)8-10(13)14/h9H,4-8,12H2,1-3H3,(H,13,14)/t9?,11-/m0/s1. The summed E-state index contributed by atoms with van der Waals surface area (Å²) >= 11 is 0. The number of hydrogen-bond acceptors (Lipinski definition) is 2. The summed E-state index contributed by atoms with van der Waals surface area (Å²) in [4.78, 5) is 10.5. The van der Waals surface area contributed by atoms with Gasteiger partial charge in [0, 0.05) is 5.54 Å². The lowest BCUT2D eigenvalue weighted by molar-refractivity contribution is -0.138. The van der Waals surface area contributed by atoms with E-state index in [1.807, 2.05) is 6.92 Å². The largest absolute Gasteiger partial charge is 0.481 e. The van der Waals surface area contributed by atoms with Crippen LogP contribution in [0.4, 0.5) is 0 Å². The lowest BCUT2D eigenvalue weighted by Gasteiger charge is -2.26. The SMILES string of the molecule is CCCCC(C)C[C@](C)(N)CC(=O)O. The summed E-state index contributed by atoms with van der Waals surface area (Å²) in [7, 11) is 0. The van der Waals surface area contributed by atoms with Crippen LogP contribution in [0.2, 0.25) is 0 Å². The Morgan fingerprint density at radius 3 is 2.57 bits per heavy atom. The van der Waals surface area contributed by atoms with Crippen LogP contribution in [0, 0.1) is 5.92 Å². The molecule has 0 aliphatic heterocycles. The van der Waals surface area contributed by atoms with Crippen molar-refractivity contribution in [3.63, 3.8) is 0 Å². The van der Waals surface area contributed by atoms with E-state index >= 15 is 0 Å². The Kier molecular flexibility index (Phi) is 5.77. The van der Waals surface area contributed by atoms with Gasteiger partial charge in [-0.25, -0.2) is 0 Å². The molecule has 0 aromatic carbocycles. The van der Waals surface area contributed by atoms with Crippen molar-refractivity contribution in [2.24, 2.45) is 11.7 Å². The van der Waals surface area contributed by atoms with E-state index < -0.39 is 11.5 Å². The lowest BCUT2D eigenvalue weighted by Crippen LogP contribution is -2.40. The molecular weight excluding hydrogens is 178 g/mol. The second-order valence-corrected chi connectivity index (χ2v) is 4.68. The van der Waals surface area contributed by atoms with Gasteiger partial charge in [-0.1, -0.05) is 33.1 Å². The van der Waals surface area contributed by atoms with Gasteiger partial charge in [-0.15, -0.1) is 0 Å². The molecule has 3 nitrogen and oxygen atoms in total. The Labute approximate surface area is 86.7 Å². The van der Waals surface area contributed by atoms with Crippen molar-refractivity contribution >= 4 is 5.97 Å². The molecule has 0 spiro atoms. The van der Waals surface area contributed by atoms with Crippen LogP contribution < -0.4 is 5.73 Å². The second-order valence-electron chi connectivity index (χ2n) is 4.68. The number of unbranched alkanes of at least 4 members (excludes halogenated alkanes) is 1. The molecule has 0 bridgehead atoms. The number of nitrogens with two attached hydrogens (primary N) is 1. The van der Waals surface area contributed by atoms with Crippen LogP contribution in [0.5, 0.6) is 0 Å². The number of aliphatic carboxylic acids is 1. The van der Waals surface area contributed by atoms with E-state index in [0.29, 0.717) is 5.92 Å². The van der Waals surface area contributed by atoms with Gasteiger partial charge in [-0.3, -0.25) is 4.79 Å². The molecule has 14 heavy (non-hydrogen) atoms. The van der Waals surface area contributed by atoms with Crippen molar-refractivity contribution < 1.29 is 9.90 Å². The monoisotopic (exact) mass is 201 g/mol. The van der Waals surface area contributed by atoms with Crippen LogP contribution in [0.3, 0.4) is 0 Å². The Hall–Kier alpha value is -0.570. The molecule has 0 saturated heterocycles. The van der Waals surface area contributed by atoms with Crippen LogP contribution in [-0.4, -0.2) is 16.6 Å². The fourth-order valence-electron chi connectivity index (χ4n) is 1.87. The van der Waals surface area contributed by atoms with Gasteiger partial charge in [0.1, 0.15) is 0 Å². The van der Waals surface area contributed by atoms with E-state index in [1.54, 1.807) is 0 Å². The number of carboxylic acid groups (broad SMARTS) is 1. The van der Waals surface area contributed by atoms with Crippen molar-refractivity contribution in [2.45, 2.75) is 58.4 Å². The third kappa shape index (κ3) is 6.89. The summed E-state index contributed by atoms with van der Waals surface area (Å²) in [6, 6.07) is 0. The van der Waals surface area contributed by atoms with Crippen LogP contribution in [0.1, 0.15) is 52.9 Å². The third-order valence-electron chi connectivity index (χ3n) is 2.42. The number of rotatable bonds is 7. The highest BCUT2D eigenvalue weighted by Crippen LogP contribution is 2.21. The highest BCUT2D eigenvalue weighted by Gasteiger charge is 2.24. The molecule has 0 fully saturated rings. The van der Waals surface area contributed by atoms with E-state index in [2.05, 4.69) is 13.8 Å². The molecule has 0 heterocycles. The molecule has 0 aliphatic rings. The lowest BCUT2D eigenvalue weighted by atomic mass is 9.86. The Morgan fingerprint density at radius 2 is 2.14 bits per heavy atom. The molecule has 1 unspecified atom stereocenters. The Balaban J connectivity index is 3.88. The van der Waals surface area contributed by atoms with Gasteiger partial charge in [0.2, 0.25) is 0 Å². The fourth-order valence-corrected chi connectivity index (χ4v) is 1.87. The first kappa shape index (κ1) is 13.4. The van der Waals surface area contributed by atoms with E-state index in [0.717, 1.165) is 12.8 Å². The van der Waals surface area contributed by atoms with Gasteiger partial charge in [-0.05, 0) is 19.3 Å². The minimum Gasteiger partial charge on any atom is -0.481 e. The Morgan fingerprint density at radius 1 is 1.57 bits per heavy atom. The van der Waals surface area contributed by atoms with E-state index in [1.165, 1.54) is 12.8 Å². The van der Waals surface area contributed by atoms with Gasteiger partial charge in [0.05, 0.1) is 6.42 Å². The highest BCUT2D eigenvalue weighted by molar-refractivity contribution is 5.68. The van der Waals surface area contributed by atoms with Crippen molar-refractivity contribution in [2.75, 3.05) is 0 Å². The molecule has 0 aromatic rings. The first-order valence-corrected chi connectivity index (χ1v) is 5.38. The highest BCUT2D eigenvalue weighted by atomic mass is 16.4. The molecule has 0 rings (SSSR count). The first-order chi connectivity index (χ1) is 6.37. The zero-order valence-corrected chi connectivity index (χ0v) is 9.55. The topological polar surface area (TPSA) is 63.3 Å².